The molecule has 0 fully saturated rings. The molecule has 2 aromatic heterocycles. The number of urea groups is 1. The predicted octanol–water partition coefficient (Wildman–Crippen LogP) is 4.02. The van der Waals surface area contributed by atoms with E-state index in [4.69, 9.17) is 4.74 Å². The highest BCUT2D eigenvalue weighted by Gasteiger charge is 2.08. The third-order valence-corrected chi connectivity index (χ3v) is 5.06. The van der Waals surface area contributed by atoms with Crippen molar-refractivity contribution in [2.45, 2.75) is 19.9 Å². The molecular formula is C19H23N3O2S. The Kier molecular flexibility index (Phi) is 5.73. The summed E-state index contributed by atoms with van der Waals surface area (Å²) in [6.45, 7) is 4.21. The van der Waals surface area contributed by atoms with Gasteiger partial charge in [0, 0.05) is 47.4 Å². The van der Waals surface area contributed by atoms with Gasteiger partial charge in [-0.25, -0.2) is 4.79 Å². The van der Waals surface area contributed by atoms with Crippen LogP contribution in [0.1, 0.15) is 10.6 Å². The molecule has 3 rings (SSSR count). The van der Waals surface area contributed by atoms with Crippen LogP contribution in [-0.4, -0.2) is 30.9 Å². The highest BCUT2D eigenvalue weighted by molar-refractivity contribution is 7.09. The molecule has 0 aliphatic carbocycles. The number of methoxy groups -OCH3 is 1. The summed E-state index contributed by atoms with van der Waals surface area (Å²) >= 11 is 1.71. The van der Waals surface area contributed by atoms with Crippen molar-refractivity contribution in [3.05, 3.63) is 52.3 Å². The van der Waals surface area contributed by atoms with E-state index < -0.39 is 0 Å². The van der Waals surface area contributed by atoms with Gasteiger partial charge in [-0.05, 0) is 49.1 Å². The number of carbonyl (C=O) groups is 1. The van der Waals surface area contributed by atoms with Crippen molar-refractivity contribution in [2.75, 3.05) is 25.6 Å². The maximum absolute atomic E-state index is 12.0. The van der Waals surface area contributed by atoms with Crippen molar-refractivity contribution >= 4 is 34.0 Å². The number of aromatic nitrogens is 1. The lowest BCUT2D eigenvalue weighted by molar-refractivity contribution is 0.188. The van der Waals surface area contributed by atoms with Crippen molar-refractivity contribution in [2.24, 2.45) is 0 Å². The summed E-state index contributed by atoms with van der Waals surface area (Å²) in [6.07, 6.45) is 0.853. The molecule has 2 heterocycles. The molecule has 0 saturated heterocycles. The lowest BCUT2D eigenvalue weighted by Crippen LogP contribution is -2.30. The van der Waals surface area contributed by atoms with Gasteiger partial charge < -0.3 is 19.9 Å². The Balaban J connectivity index is 1.60. The maximum atomic E-state index is 12.0. The maximum Gasteiger partial charge on any atom is 0.319 e. The Morgan fingerprint density at radius 1 is 1.28 bits per heavy atom. The number of thiophene rings is 1. The molecule has 0 atom stereocenters. The Morgan fingerprint density at radius 3 is 2.92 bits per heavy atom. The van der Waals surface area contributed by atoms with Crippen molar-refractivity contribution < 1.29 is 9.53 Å². The van der Waals surface area contributed by atoms with Gasteiger partial charge in [0.1, 0.15) is 0 Å². The van der Waals surface area contributed by atoms with Crippen LogP contribution in [0.5, 0.6) is 0 Å². The van der Waals surface area contributed by atoms with E-state index in [0.717, 1.165) is 29.6 Å². The minimum Gasteiger partial charge on any atom is -0.383 e. The first-order chi connectivity index (χ1) is 12.2. The number of fused-ring (bicyclic) bond motifs is 1. The second-order valence-electron chi connectivity index (χ2n) is 5.91. The highest BCUT2D eigenvalue weighted by Crippen LogP contribution is 2.23. The molecular weight excluding hydrogens is 334 g/mol. The van der Waals surface area contributed by atoms with Gasteiger partial charge in [0.2, 0.25) is 0 Å². The molecule has 1 aromatic carbocycles. The van der Waals surface area contributed by atoms with Gasteiger partial charge in [-0.3, -0.25) is 0 Å². The van der Waals surface area contributed by atoms with E-state index >= 15 is 0 Å². The Bertz CT molecular complexity index is 840. The highest BCUT2D eigenvalue weighted by atomic mass is 32.1. The summed E-state index contributed by atoms with van der Waals surface area (Å²) in [5.41, 5.74) is 3.13. The molecule has 0 aliphatic rings. The van der Waals surface area contributed by atoms with Crippen molar-refractivity contribution in [3.8, 4) is 0 Å². The largest absolute Gasteiger partial charge is 0.383 e. The van der Waals surface area contributed by atoms with Gasteiger partial charge in [0.05, 0.1) is 6.61 Å². The summed E-state index contributed by atoms with van der Waals surface area (Å²) in [4.78, 5) is 13.3. The topological polar surface area (TPSA) is 55.3 Å². The van der Waals surface area contributed by atoms with Crippen LogP contribution in [0.2, 0.25) is 0 Å². The van der Waals surface area contributed by atoms with E-state index in [2.05, 4.69) is 34.3 Å². The lowest BCUT2D eigenvalue weighted by Gasteiger charge is -2.09. The van der Waals surface area contributed by atoms with Crippen LogP contribution in [0.4, 0.5) is 10.5 Å². The van der Waals surface area contributed by atoms with E-state index in [-0.39, 0.29) is 6.03 Å². The minimum atomic E-state index is -0.175. The standard InChI is InChI=1S/C19H23N3O2S/c1-14-12-15-13-16(5-6-18(15)22(14)9-10-24-2)21-19(23)20-8-7-17-4-3-11-25-17/h3-6,11-13H,7-10H2,1-2H3,(H2,20,21,23). The van der Waals surface area contributed by atoms with E-state index in [1.807, 2.05) is 29.6 Å². The number of amides is 2. The molecule has 25 heavy (non-hydrogen) atoms. The Hall–Kier alpha value is -2.31. The number of hydrogen-bond acceptors (Lipinski definition) is 3. The fraction of sp³-hybridized carbons (Fsp3) is 0.316. The number of nitrogens with zero attached hydrogens (tertiary/aromatic N) is 1. The first kappa shape index (κ1) is 17.5. The van der Waals surface area contributed by atoms with Crippen LogP contribution in [-0.2, 0) is 17.7 Å². The van der Waals surface area contributed by atoms with Crippen LogP contribution >= 0.6 is 11.3 Å². The molecule has 0 unspecified atom stereocenters. The smallest absolute Gasteiger partial charge is 0.319 e. The summed E-state index contributed by atoms with van der Waals surface area (Å²) in [7, 11) is 1.71. The van der Waals surface area contributed by atoms with Gasteiger partial charge in [-0.2, -0.15) is 0 Å². The zero-order chi connectivity index (χ0) is 17.6. The minimum absolute atomic E-state index is 0.175. The van der Waals surface area contributed by atoms with Gasteiger partial charge in [-0.1, -0.05) is 6.07 Å². The Morgan fingerprint density at radius 2 is 2.16 bits per heavy atom. The fourth-order valence-corrected chi connectivity index (χ4v) is 3.60. The summed E-state index contributed by atoms with van der Waals surface area (Å²) in [6, 6.07) is 12.0. The molecule has 2 N–H and O–H groups in total. The molecule has 0 saturated carbocycles. The van der Waals surface area contributed by atoms with Crippen LogP contribution in [0.25, 0.3) is 10.9 Å². The number of anilines is 1. The zero-order valence-corrected chi connectivity index (χ0v) is 15.4. The summed E-state index contributed by atoms with van der Waals surface area (Å²) in [5.74, 6) is 0. The van der Waals surface area contributed by atoms with Gasteiger partial charge in [-0.15, -0.1) is 11.3 Å². The normalized spacial score (nSPS) is 11.0. The van der Waals surface area contributed by atoms with E-state index in [1.165, 1.54) is 10.6 Å². The lowest BCUT2D eigenvalue weighted by atomic mass is 10.2. The number of rotatable bonds is 7. The monoisotopic (exact) mass is 357 g/mol. The number of aryl methyl sites for hydroxylation is 1. The van der Waals surface area contributed by atoms with Crippen molar-refractivity contribution in [3.63, 3.8) is 0 Å². The average molecular weight is 357 g/mol. The van der Waals surface area contributed by atoms with E-state index in [1.54, 1.807) is 18.4 Å². The van der Waals surface area contributed by atoms with Crippen LogP contribution < -0.4 is 10.6 Å². The molecule has 6 heteroatoms. The van der Waals surface area contributed by atoms with Gasteiger partial charge >= 0.3 is 6.03 Å². The fourth-order valence-electron chi connectivity index (χ4n) is 2.90. The SMILES string of the molecule is COCCn1c(C)cc2cc(NC(=O)NCCc3cccs3)ccc21. The third kappa shape index (κ3) is 4.41. The Labute approximate surface area is 151 Å². The average Bonchev–Trinajstić information content (AvgIpc) is 3.20. The number of hydrogen-bond donors (Lipinski definition) is 2. The number of ether oxygens (including phenoxy) is 1. The van der Waals surface area contributed by atoms with E-state index in [9.17, 15) is 4.79 Å². The molecule has 2 amide bonds. The quantitative estimate of drug-likeness (QED) is 0.671. The summed E-state index contributed by atoms with van der Waals surface area (Å²) < 4.78 is 7.40. The second kappa shape index (κ2) is 8.18. The molecule has 0 spiro atoms. The third-order valence-electron chi connectivity index (χ3n) is 4.12. The second-order valence-corrected chi connectivity index (χ2v) is 6.95. The first-order valence-electron chi connectivity index (χ1n) is 8.33. The summed E-state index contributed by atoms with van der Waals surface area (Å²) in [5, 5.41) is 8.97. The number of benzene rings is 1. The first-order valence-corrected chi connectivity index (χ1v) is 9.21. The van der Waals surface area contributed by atoms with Gasteiger partial charge in [0.25, 0.3) is 0 Å². The van der Waals surface area contributed by atoms with Crippen LogP contribution in [0.15, 0.2) is 41.8 Å². The van der Waals surface area contributed by atoms with Crippen LogP contribution in [0.3, 0.4) is 0 Å². The number of carbonyl (C=O) groups excluding carboxylic acids is 1. The molecule has 0 radical (unpaired) electrons. The molecule has 0 aliphatic heterocycles. The predicted molar refractivity (Wildman–Crippen MR) is 104 cm³/mol. The molecule has 3 aromatic rings. The molecule has 132 valence electrons. The van der Waals surface area contributed by atoms with E-state index in [0.29, 0.717) is 13.2 Å². The van der Waals surface area contributed by atoms with Crippen LogP contribution in [0, 0.1) is 6.92 Å². The molecule has 0 bridgehead atoms. The number of nitrogens with one attached hydrogen (secondary N) is 2. The zero-order valence-electron chi connectivity index (χ0n) is 14.5. The molecule has 5 nitrogen and oxygen atoms in total. The van der Waals surface area contributed by atoms with Crippen molar-refractivity contribution in [1.29, 1.82) is 0 Å². The van der Waals surface area contributed by atoms with Crippen molar-refractivity contribution in [1.82, 2.24) is 9.88 Å². The van der Waals surface area contributed by atoms with Gasteiger partial charge in [0.15, 0.2) is 0 Å².